The van der Waals surface area contributed by atoms with Gasteiger partial charge in [-0.05, 0) is 49.6 Å². The average Bonchev–Trinajstić information content (AvgIpc) is 2.62. The summed E-state index contributed by atoms with van der Waals surface area (Å²) in [6.45, 7) is 6.38. The largest absolute Gasteiger partial charge is 0.371 e. The highest BCUT2D eigenvalue weighted by Gasteiger charge is 2.20. The van der Waals surface area contributed by atoms with Gasteiger partial charge in [0, 0.05) is 40.8 Å². The first kappa shape index (κ1) is 14.4. The number of hydrogen-bond donors (Lipinski definition) is 1. The maximum Gasteiger partial charge on any atom is 0.0968 e. The van der Waals surface area contributed by atoms with Crippen molar-refractivity contribution in [1.29, 1.82) is 0 Å². The van der Waals surface area contributed by atoms with Crippen molar-refractivity contribution in [2.45, 2.75) is 18.7 Å². The lowest BCUT2D eigenvalue weighted by Gasteiger charge is -2.25. The smallest absolute Gasteiger partial charge is 0.0968 e. The van der Waals surface area contributed by atoms with Gasteiger partial charge in [-0.2, -0.15) is 0 Å². The summed E-state index contributed by atoms with van der Waals surface area (Å²) in [6.07, 6.45) is 1.92. The van der Waals surface area contributed by atoms with Crippen LogP contribution in [-0.4, -0.2) is 18.1 Å². The second-order valence-corrected chi connectivity index (χ2v) is 6.44. The van der Waals surface area contributed by atoms with E-state index >= 15 is 0 Å². The molecule has 0 unspecified atom stereocenters. The van der Waals surface area contributed by atoms with E-state index in [1.165, 1.54) is 27.1 Å². The molecule has 0 saturated heterocycles. The summed E-state index contributed by atoms with van der Waals surface area (Å²) in [4.78, 5) is 8.32. The molecular formula is C19H19N3S. The van der Waals surface area contributed by atoms with Crippen LogP contribution < -0.4 is 9.62 Å². The zero-order valence-electron chi connectivity index (χ0n) is 13.3. The Hall–Kier alpha value is -2.20. The Morgan fingerprint density at radius 3 is 2.65 bits per heavy atom. The van der Waals surface area contributed by atoms with E-state index in [4.69, 9.17) is 0 Å². The van der Waals surface area contributed by atoms with Crippen molar-refractivity contribution in [2.75, 3.05) is 22.7 Å². The maximum atomic E-state index is 4.68. The normalized spacial score (nSPS) is 12.4. The summed E-state index contributed by atoms with van der Waals surface area (Å²) < 4.78 is 3.50. The first-order valence-electron chi connectivity index (χ1n) is 8.02. The highest BCUT2D eigenvalue weighted by atomic mass is 32.2. The molecule has 2 heterocycles. The number of pyridine rings is 1. The fourth-order valence-corrected chi connectivity index (χ4v) is 4.11. The monoisotopic (exact) mass is 321 g/mol. The van der Waals surface area contributed by atoms with Gasteiger partial charge in [0.25, 0.3) is 0 Å². The van der Waals surface area contributed by atoms with Crippen LogP contribution >= 0.6 is 11.9 Å². The topological polar surface area (TPSA) is 28.2 Å². The predicted molar refractivity (Wildman–Crippen MR) is 100 cm³/mol. The van der Waals surface area contributed by atoms with Crippen molar-refractivity contribution >= 4 is 34.2 Å². The van der Waals surface area contributed by atoms with E-state index in [0.717, 1.165) is 24.3 Å². The lowest BCUT2D eigenvalue weighted by Crippen LogP contribution is -2.22. The molecule has 1 aliphatic heterocycles. The molecule has 3 aromatic rings. The number of benzene rings is 2. The molecule has 3 nitrogen and oxygen atoms in total. The van der Waals surface area contributed by atoms with Gasteiger partial charge in [-0.15, -0.1) is 0 Å². The van der Waals surface area contributed by atoms with Crippen molar-refractivity contribution in [3.8, 4) is 11.1 Å². The first-order valence-corrected chi connectivity index (χ1v) is 8.84. The Kier molecular flexibility index (Phi) is 3.62. The van der Waals surface area contributed by atoms with Gasteiger partial charge in [0.15, 0.2) is 0 Å². The summed E-state index contributed by atoms with van der Waals surface area (Å²) >= 11 is 1.67. The molecule has 1 N–H and O–H groups in total. The van der Waals surface area contributed by atoms with Crippen LogP contribution in [0, 0.1) is 0 Å². The highest BCUT2D eigenvalue weighted by Crippen LogP contribution is 2.45. The van der Waals surface area contributed by atoms with Gasteiger partial charge in [0.05, 0.1) is 11.2 Å². The molecule has 1 aliphatic rings. The van der Waals surface area contributed by atoms with Crippen LogP contribution in [0.2, 0.25) is 0 Å². The number of aromatic nitrogens is 1. The van der Waals surface area contributed by atoms with Gasteiger partial charge >= 0.3 is 0 Å². The van der Waals surface area contributed by atoms with Gasteiger partial charge in [-0.3, -0.25) is 4.98 Å². The Bertz CT molecular complexity index is 872. The molecule has 0 aliphatic carbocycles. The van der Waals surface area contributed by atoms with Crippen LogP contribution in [0.3, 0.4) is 0 Å². The zero-order chi connectivity index (χ0) is 15.8. The summed E-state index contributed by atoms with van der Waals surface area (Å²) in [5, 5.41) is 1.21. The fourth-order valence-electron chi connectivity index (χ4n) is 3.26. The number of hydrogen-bond acceptors (Lipinski definition) is 4. The van der Waals surface area contributed by atoms with E-state index in [0.29, 0.717) is 0 Å². The summed E-state index contributed by atoms with van der Waals surface area (Å²) in [5.41, 5.74) is 5.95. The molecule has 0 bridgehead atoms. The number of fused-ring (bicyclic) bond motifs is 5. The number of nitrogens with one attached hydrogen (secondary N) is 1. The second-order valence-electron chi connectivity index (χ2n) is 5.59. The lowest BCUT2D eigenvalue weighted by molar-refractivity contribution is 0.870. The lowest BCUT2D eigenvalue weighted by atomic mass is 10.00. The van der Waals surface area contributed by atoms with E-state index < -0.39 is 0 Å². The summed E-state index contributed by atoms with van der Waals surface area (Å²) in [5.74, 6) is 0. The Morgan fingerprint density at radius 2 is 1.83 bits per heavy atom. The molecule has 116 valence electrons. The van der Waals surface area contributed by atoms with Gasteiger partial charge in [0.1, 0.15) is 0 Å². The minimum atomic E-state index is 0.998. The van der Waals surface area contributed by atoms with Gasteiger partial charge in [-0.25, -0.2) is 0 Å². The summed E-state index contributed by atoms with van der Waals surface area (Å²) in [6, 6.07) is 15.1. The number of nitrogens with zero attached hydrogens (tertiary/aromatic N) is 2. The molecule has 4 rings (SSSR count). The number of rotatable bonds is 3. The Balaban J connectivity index is 1.97. The fraction of sp³-hybridized carbons (Fsp3) is 0.211. The SMILES string of the molecule is CCN(CC)c1ccnc2c3c(ccc12)-c1ccccc1SN3. The van der Waals surface area contributed by atoms with Crippen molar-refractivity contribution < 1.29 is 0 Å². The van der Waals surface area contributed by atoms with E-state index in [1.54, 1.807) is 11.9 Å². The molecule has 0 radical (unpaired) electrons. The van der Waals surface area contributed by atoms with Crippen molar-refractivity contribution in [3.05, 3.63) is 48.7 Å². The van der Waals surface area contributed by atoms with Crippen LogP contribution in [0.15, 0.2) is 53.6 Å². The van der Waals surface area contributed by atoms with Crippen LogP contribution in [0.1, 0.15) is 13.8 Å². The van der Waals surface area contributed by atoms with Crippen LogP contribution in [-0.2, 0) is 0 Å². The van der Waals surface area contributed by atoms with Crippen LogP contribution in [0.25, 0.3) is 22.0 Å². The zero-order valence-corrected chi connectivity index (χ0v) is 14.2. The molecule has 0 spiro atoms. The Labute approximate surface area is 140 Å². The third kappa shape index (κ3) is 2.25. The van der Waals surface area contributed by atoms with E-state index in [9.17, 15) is 0 Å². The van der Waals surface area contributed by atoms with Gasteiger partial charge < -0.3 is 9.62 Å². The number of anilines is 2. The Morgan fingerprint density at radius 1 is 1.00 bits per heavy atom. The molecule has 0 atom stereocenters. The molecule has 2 aromatic carbocycles. The third-order valence-corrected chi connectivity index (χ3v) is 5.32. The highest BCUT2D eigenvalue weighted by molar-refractivity contribution is 8.00. The molecule has 4 heteroatoms. The van der Waals surface area contributed by atoms with Gasteiger partial charge in [-0.1, -0.05) is 24.3 Å². The molecule has 0 amide bonds. The van der Waals surface area contributed by atoms with Crippen LogP contribution in [0.4, 0.5) is 11.4 Å². The van der Waals surface area contributed by atoms with Crippen LogP contribution in [0.5, 0.6) is 0 Å². The molecule has 0 saturated carbocycles. The minimum Gasteiger partial charge on any atom is -0.371 e. The van der Waals surface area contributed by atoms with Crippen molar-refractivity contribution in [1.82, 2.24) is 4.98 Å². The summed E-state index contributed by atoms with van der Waals surface area (Å²) in [7, 11) is 0. The molecular weight excluding hydrogens is 302 g/mol. The first-order chi connectivity index (χ1) is 11.3. The molecule has 23 heavy (non-hydrogen) atoms. The van der Waals surface area contributed by atoms with Crippen molar-refractivity contribution in [3.63, 3.8) is 0 Å². The predicted octanol–water partition coefficient (Wildman–Crippen LogP) is 5.18. The van der Waals surface area contributed by atoms with E-state index in [2.05, 4.69) is 70.9 Å². The minimum absolute atomic E-state index is 0.998. The quantitative estimate of drug-likeness (QED) is 0.673. The third-order valence-electron chi connectivity index (χ3n) is 4.43. The average molecular weight is 321 g/mol. The standard InChI is InChI=1S/C19H19N3S/c1-3-22(4-2)16-11-12-20-18-15(16)10-9-14-13-7-5-6-8-17(13)23-21-19(14)18/h5-12,21H,3-4H2,1-2H3. The van der Waals surface area contributed by atoms with E-state index in [1.807, 2.05) is 6.20 Å². The molecule has 1 aromatic heterocycles. The second kappa shape index (κ2) is 5.78. The van der Waals surface area contributed by atoms with E-state index in [-0.39, 0.29) is 0 Å². The van der Waals surface area contributed by atoms with Gasteiger partial charge in [0.2, 0.25) is 0 Å². The molecule has 0 fully saturated rings. The van der Waals surface area contributed by atoms with Crippen molar-refractivity contribution in [2.24, 2.45) is 0 Å². The maximum absolute atomic E-state index is 4.68.